The van der Waals surface area contributed by atoms with E-state index < -0.39 is 4.92 Å². The zero-order valence-electron chi connectivity index (χ0n) is 9.18. The van der Waals surface area contributed by atoms with Crippen LogP contribution in [0.3, 0.4) is 0 Å². The molecular formula is C12H12N2O3. The van der Waals surface area contributed by atoms with Crippen LogP contribution in [0.4, 0.5) is 5.69 Å². The van der Waals surface area contributed by atoms with Gasteiger partial charge in [0.25, 0.3) is 5.69 Å². The van der Waals surface area contributed by atoms with E-state index in [9.17, 15) is 14.9 Å². The lowest BCUT2D eigenvalue weighted by molar-refractivity contribution is -0.384. The second-order valence-corrected chi connectivity index (χ2v) is 3.91. The van der Waals surface area contributed by atoms with Gasteiger partial charge in [-0.15, -0.1) is 0 Å². The van der Waals surface area contributed by atoms with Gasteiger partial charge in [-0.05, 0) is 23.8 Å². The standard InChI is InChI=1S/C12H12N2O3/c15-12-5-6-13-10(8-12)7-9-1-3-11(4-2-9)14(16)17/h1-4,7,13H,5-6,8H2. The number of hydrogen-bond donors (Lipinski definition) is 1. The van der Waals surface area contributed by atoms with Gasteiger partial charge in [-0.3, -0.25) is 14.9 Å². The molecule has 1 heterocycles. The molecular weight excluding hydrogens is 220 g/mol. The number of carbonyl (C=O) groups excluding carboxylic acids is 1. The van der Waals surface area contributed by atoms with Crippen LogP contribution in [0.5, 0.6) is 0 Å². The van der Waals surface area contributed by atoms with Crippen molar-refractivity contribution < 1.29 is 9.72 Å². The van der Waals surface area contributed by atoms with Crippen molar-refractivity contribution in [1.29, 1.82) is 0 Å². The Kier molecular flexibility index (Phi) is 3.18. The number of Topliss-reactive ketones (excluding diaryl/α,β-unsaturated/α-hetero) is 1. The molecule has 1 aliphatic heterocycles. The highest BCUT2D eigenvalue weighted by atomic mass is 16.6. The number of allylic oxidation sites excluding steroid dienone is 1. The van der Waals surface area contributed by atoms with Gasteiger partial charge in [0, 0.05) is 37.2 Å². The Labute approximate surface area is 98.3 Å². The number of piperidine rings is 1. The van der Waals surface area contributed by atoms with Crippen LogP contribution in [0, 0.1) is 10.1 Å². The third-order valence-corrected chi connectivity index (χ3v) is 2.59. The Balaban J connectivity index is 2.15. The molecule has 1 aliphatic rings. The minimum atomic E-state index is -0.431. The van der Waals surface area contributed by atoms with E-state index in [0.29, 0.717) is 19.4 Å². The van der Waals surface area contributed by atoms with Crippen molar-refractivity contribution in [2.75, 3.05) is 6.54 Å². The van der Waals surface area contributed by atoms with Crippen molar-refractivity contribution in [1.82, 2.24) is 5.32 Å². The molecule has 0 spiro atoms. The van der Waals surface area contributed by atoms with Gasteiger partial charge < -0.3 is 5.32 Å². The fraction of sp³-hybridized carbons (Fsp3) is 0.250. The number of nitrogens with one attached hydrogen (secondary N) is 1. The summed E-state index contributed by atoms with van der Waals surface area (Å²) in [6.07, 6.45) is 2.83. The third-order valence-electron chi connectivity index (χ3n) is 2.59. The Hall–Kier alpha value is -2.17. The van der Waals surface area contributed by atoms with E-state index in [1.165, 1.54) is 12.1 Å². The lowest BCUT2D eigenvalue weighted by Gasteiger charge is -2.15. The van der Waals surface area contributed by atoms with Crippen LogP contribution in [0.2, 0.25) is 0 Å². The highest BCUT2D eigenvalue weighted by Gasteiger charge is 2.12. The summed E-state index contributed by atoms with van der Waals surface area (Å²) < 4.78 is 0. The quantitative estimate of drug-likeness (QED) is 0.624. The summed E-state index contributed by atoms with van der Waals surface area (Å²) in [5, 5.41) is 13.6. The van der Waals surface area contributed by atoms with E-state index in [1.807, 2.05) is 6.08 Å². The Morgan fingerprint density at radius 1 is 1.29 bits per heavy atom. The van der Waals surface area contributed by atoms with E-state index >= 15 is 0 Å². The molecule has 1 aromatic carbocycles. The summed E-state index contributed by atoms with van der Waals surface area (Å²) in [6, 6.07) is 6.26. The second-order valence-electron chi connectivity index (χ2n) is 3.91. The molecule has 1 N–H and O–H groups in total. The summed E-state index contributed by atoms with van der Waals surface area (Å²) in [5.41, 5.74) is 1.79. The maximum absolute atomic E-state index is 11.2. The van der Waals surface area contributed by atoms with Gasteiger partial charge in [-0.25, -0.2) is 0 Å². The van der Waals surface area contributed by atoms with E-state index in [-0.39, 0.29) is 11.5 Å². The van der Waals surface area contributed by atoms with Gasteiger partial charge in [-0.1, -0.05) is 0 Å². The first-order chi connectivity index (χ1) is 8.15. The van der Waals surface area contributed by atoms with Crippen molar-refractivity contribution >= 4 is 17.5 Å². The number of nitrogens with zero attached hydrogens (tertiary/aromatic N) is 1. The first-order valence-electron chi connectivity index (χ1n) is 5.36. The summed E-state index contributed by atoms with van der Waals surface area (Å²) in [7, 11) is 0. The number of nitro groups is 1. The Bertz CT molecular complexity index is 477. The molecule has 1 saturated heterocycles. The van der Waals surface area contributed by atoms with Gasteiger partial charge in [-0.2, -0.15) is 0 Å². The van der Waals surface area contributed by atoms with Gasteiger partial charge in [0.2, 0.25) is 0 Å². The van der Waals surface area contributed by atoms with E-state index in [2.05, 4.69) is 5.32 Å². The fourth-order valence-corrected chi connectivity index (χ4v) is 1.72. The minimum Gasteiger partial charge on any atom is -0.388 e. The zero-order valence-corrected chi connectivity index (χ0v) is 9.18. The molecule has 0 unspecified atom stereocenters. The van der Waals surface area contributed by atoms with Crippen LogP contribution in [-0.2, 0) is 4.79 Å². The molecule has 1 aromatic rings. The lowest BCUT2D eigenvalue weighted by atomic mass is 10.1. The first kappa shape index (κ1) is 11.3. The predicted octanol–water partition coefficient (Wildman–Crippen LogP) is 1.89. The number of benzene rings is 1. The molecule has 0 bridgehead atoms. The average molecular weight is 232 g/mol. The molecule has 88 valence electrons. The molecule has 0 atom stereocenters. The second kappa shape index (κ2) is 4.78. The van der Waals surface area contributed by atoms with Gasteiger partial charge >= 0.3 is 0 Å². The van der Waals surface area contributed by atoms with Crippen molar-refractivity contribution in [2.24, 2.45) is 0 Å². The highest BCUT2D eigenvalue weighted by molar-refractivity contribution is 5.83. The number of ketones is 1. The minimum absolute atomic E-state index is 0.0693. The van der Waals surface area contributed by atoms with E-state index in [4.69, 9.17) is 0 Å². The van der Waals surface area contributed by atoms with E-state index in [0.717, 1.165) is 11.3 Å². The number of carbonyl (C=O) groups is 1. The SMILES string of the molecule is O=C1CCNC(=Cc2ccc([N+](=O)[O-])cc2)C1. The van der Waals surface area contributed by atoms with Crippen LogP contribution in [0.15, 0.2) is 30.0 Å². The van der Waals surface area contributed by atoms with Crippen LogP contribution in [0.25, 0.3) is 6.08 Å². The van der Waals surface area contributed by atoms with Crippen molar-refractivity contribution in [3.8, 4) is 0 Å². The van der Waals surface area contributed by atoms with Crippen LogP contribution in [-0.4, -0.2) is 17.3 Å². The summed E-state index contributed by atoms with van der Waals surface area (Å²) in [4.78, 5) is 21.3. The van der Waals surface area contributed by atoms with Gasteiger partial charge in [0.15, 0.2) is 0 Å². The number of nitro benzene ring substituents is 1. The van der Waals surface area contributed by atoms with Crippen molar-refractivity contribution in [2.45, 2.75) is 12.8 Å². The first-order valence-corrected chi connectivity index (χ1v) is 5.36. The monoisotopic (exact) mass is 232 g/mol. The van der Waals surface area contributed by atoms with Crippen molar-refractivity contribution in [3.63, 3.8) is 0 Å². The molecule has 2 rings (SSSR count). The van der Waals surface area contributed by atoms with Crippen LogP contribution >= 0.6 is 0 Å². The fourth-order valence-electron chi connectivity index (χ4n) is 1.72. The molecule has 0 aromatic heterocycles. The van der Waals surface area contributed by atoms with Gasteiger partial charge in [0.1, 0.15) is 5.78 Å². The summed E-state index contributed by atoms with van der Waals surface area (Å²) >= 11 is 0. The molecule has 0 aliphatic carbocycles. The summed E-state index contributed by atoms with van der Waals surface area (Å²) in [5.74, 6) is 0.219. The molecule has 1 fully saturated rings. The normalized spacial score (nSPS) is 17.9. The van der Waals surface area contributed by atoms with Crippen molar-refractivity contribution in [3.05, 3.63) is 45.6 Å². The molecule has 17 heavy (non-hydrogen) atoms. The smallest absolute Gasteiger partial charge is 0.269 e. The third kappa shape index (κ3) is 2.90. The molecule has 0 amide bonds. The number of hydrogen-bond acceptors (Lipinski definition) is 4. The molecule has 5 heteroatoms. The number of rotatable bonds is 2. The maximum Gasteiger partial charge on any atom is 0.269 e. The predicted molar refractivity (Wildman–Crippen MR) is 63.3 cm³/mol. The molecule has 0 radical (unpaired) electrons. The topological polar surface area (TPSA) is 72.2 Å². The molecule has 5 nitrogen and oxygen atoms in total. The summed E-state index contributed by atoms with van der Waals surface area (Å²) in [6.45, 7) is 0.664. The Morgan fingerprint density at radius 3 is 2.59 bits per heavy atom. The van der Waals surface area contributed by atoms with E-state index in [1.54, 1.807) is 12.1 Å². The number of non-ortho nitro benzene ring substituents is 1. The highest BCUT2D eigenvalue weighted by Crippen LogP contribution is 2.16. The maximum atomic E-state index is 11.2. The lowest BCUT2D eigenvalue weighted by Crippen LogP contribution is -2.25. The zero-order chi connectivity index (χ0) is 12.3. The van der Waals surface area contributed by atoms with Crippen LogP contribution in [0.1, 0.15) is 18.4 Å². The van der Waals surface area contributed by atoms with Crippen LogP contribution < -0.4 is 5.32 Å². The Morgan fingerprint density at radius 2 is 2.00 bits per heavy atom. The average Bonchev–Trinajstić information content (AvgIpc) is 2.29. The van der Waals surface area contributed by atoms with Gasteiger partial charge in [0.05, 0.1) is 4.92 Å². The largest absolute Gasteiger partial charge is 0.388 e. The molecule has 0 saturated carbocycles.